The molecule has 98 valence electrons. The topological polar surface area (TPSA) is 62.2 Å². The molecule has 4 nitrogen and oxygen atoms in total. The standard InChI is InChI=1S/C13H10Cl2N2O2/c14-10-5-6-11(15)17-12(10)13(19)16-9-3-1-8(7-18)2-4-9/h1-6,18H,7H2,(H,16,19). The first kappa shape index (κ1) is 13.8. The van der Waals surface area contributed by atoms with Gasteiger partial charge >= 0.3 is 0 Å². The van der Waals surface area contributed by atoms with Crippen LogP contribution in [0.3, 0.4) is 0 Å². The molecule has 2 aromatic rings. The molecule has 0 fully saturated rings. The van der Waals surface area contributed by atoms with Gasteiger partial charge in [0, 0.05) is 5.69 Å². The Morgan fingerprint density at radius 1 is 1.16 bits per heavy atom. The summed E-state index contributed by atoms with van der Waals surface area (Å²) in [5.41, 5.74) is 1.41. The van der Waals surface area contributed by atoms with Crippen molar-refractivity contribution in [2.45, 2.75) is 6.61 Å². The Morgan fingerprint density at radius 2 is 1.84 bits per heavy atom. The molecule has 19 heavy (non-hydrogen) atoms. The van der Waals surface area contributed by atoms with E-state index in [1.165, 1.54) is 12.1 Å². The number of carbonyl (C=O) groups is 1. The van der Waals surface area contributed by atoms with Crippen molar-refractivity contribution in [2.24, 2.45) is 0 Å². The van der Waals surface area contributed by atoms with Crippen molar-refractivity contribution in [2.75, 3.05) is 5.32 Å². The number of rotatable bonds is 3. The monoisotopic (exact) mass is 296 g/mol. The van der Waals surface area contributed by atoms with E-state index in [1.807, 2.05) is 0 Å². The number of carbonyl (C=O) groups excluding carboxylic acids is 1. The van der Waals surface area contributed by atoms with Crippen molar-refractivity contribution >= 4 is 34.8 Å². The molecule has 0 aliphatic carbocycles. The number of anilines is 1. The molecule has 0 radical (unpaired) electrons. The molecule has 6 heteroatoms. The number of hydrogen-bond donors (Lipinski definition) is 2. The zero-order valence-corrected chi connectivity index (χ0v) is 11.2. The van der Waals surface area contributed by atoms with E-state index in [0.29, 0.717) is 5.69 Å². The molecule has 2 rings (SSSR count). The van der Waals surface area contributed by atoms with E-state index < -0.39 is 5.91 Å². The third kappa shape index (κ3) is 3.44. The van der Waals surface area contributed by atoms with Crippen LogP contribution in [-0.4, -0.2) is 16.0 Å². The van der Waals surface area contributed by atoms with Gasteiger partial charge in [-0.15, -0.1) is 0 Å². The lowest BCUT2D eigenvalue weighted by molar-refractivity contribution is 0.102. The van der Waals surface area contributed by atoms with E-state index in [0.717, 1.165) is 5.56 Å². The zero-order chi connectivity index (χ0) is 13.8. The molecule has 1 amide bonds. The summed E-state index contributed by atoms with van der Waals surface area (Å²) >= 11 is 11.6. The Morgan fingerprint density at radius 3 is 2.47 bits per heavy atom. The molecule has 0 saturated carbocycles. The fourth-order valence-corrected chi connectivity index (χ4v) is 1.80. The summed E-state index contributed by atoms with van der Waals surface area (Å²) in [4.78, 5) is 15.9. The first-order valence-electron chi connectivity index (χ1n) is 5.43. The van der Waals surface area contributed by atoms with Gasteiger partial charge in [-0.25, -0.2) is 4.98 Å². The van der Waals surface area contributed by atoms with Crippen LogP contribution < -0.4 is 5.32 Å². The Bertz CT molecular complexity index is 600. The van der Waals surface area contributed by atoms with Crippen LogP contribution in [0.15, 0.2) is 36.4 Å². The number of amides is 1. The molecule has 0 aliphatic heterocycles. The first-order valence-corrected chi connectivity index (χ1v) is 6.19. The summed E-state index contributed by atoms with van der Waals surface area (Å²) in [5, 5.41) is 12.0. The van der Waals surface area contributed by atoms with Gasteiger partial charge in [0.15, 0.2) is 0 Å². The smallest absolute Gasteiger partial charge is 0.275 e. The molecule has 0 atom stereocenters. The van der Waals surface area contributed by atoms with Gasteiger partial charge in [-0.05, 0) is 29.8 Å². The Labute approximate surface area is 120 Å². The fourth-order valence-electron chi connectivity index (χ4n) is 1.46. The number of benzene rings is 1. The molecule has 0 aliphatic rings. The van der Waals surface area contributed by atoms with Crippen molar-refractivity contribution < 1.29 is 9.90 Å². The van der Waals surface area contributed by atoms with Crippen LogP contribution in [0.25, 0.3) is 0 Å². The second-order valence-corrected chi connectivity index (χ2v) is 4.57. The third-order valence-corrected chi connectivity index (χ3v) is 2.94. The Kier molecular flexibility index (Phi) is 4.37. The Hall–Kier alpha value is -1.62. The minimum atomic E-state index is -0.441. The van der Waals surface area contributed by atoms with Crippen LogP contribution in [0, 0.1) is 0 Å². The molecule has 1 aromatic carbocycles. The maximum atomic E-state index is 12.0. The average Bonchev–Trinajstić information content (AvgIpc) is 2.42. The highest BCUT2D eigenvalue weighted by Crippen LogP contribution is 2.18. The van der Waals surface area contributed by atoms with Gasteiger partial charge in [-0.2, -0.15) is 0 Å². The summed E-state index contributed by atoms with van der Waals surface area (Å²) < 4.78 is 0. The van der Waals surface area contributed by atoms with Gasteiger partial charge in [0.1, 0.15) is 10.8 Å². The van der Waals surface area contributed by atoms with Crippen LogP contribution in [0.2, 0.25) is 10.2 Å². The number of pyridine rings is 1. The van der Waals surface area contributed by atoms with Crippen LogP contribution in [0.1, 0.15) is 16.1 Å². The van der Waals surface area contributed by atoms with Gasteiger partial charge < -0.3 is 10.4 Å². The van der Waals surface area contributed by atoms with Crippen LogP contribution in [0.4, 0.5) is 5.69 Å². The maximum absolute atomic E-state index is 12.0. The van der Waals surface area contributed by atoms with E-state index in [4.69, 9.17) is 28.3 Å². The first-order chi connectivity index (χ1) is 9.10. The van der Waals surface area contributed by atoms with Crippen LogP contribution >= 0.6 is 23.2 Å². The molecule has 0 unspecified atom stereocenters. The summed E-state index contributed by atoms with van der Waals surface area (Å²) in [6.07, 6.45) is 0. The normalized spacial score (nSPS) is 10.3. The molecule has 2 N–H and O–H groups in total. The van der Waals surface area contributed by atoms with Crippen molar-refractivity contribution in [1.29, 1.82) is 0 Å². The average molecular weight is 297 g/mol. The number of halogens is 2. The lowest BCUT2D eigenvalue weighted by atomic mass is 10.2. The fraction of sp³-hybridized carbons (Fsp3) is 0.0769. The molecule has 1 heterocycles. The van der Waals surface area contributed by atoms with E-state index in [9.17, 15) is 4.79 Å². The second-order valence-electron chi connectivity index (χ2n) is 3.77. The Balaban J connectivity index is 2.18. The van der Waals surface area contributed by atoms with Crippen molar-refractivity contribution in [3.8, 4) is 0 Å². The summed E-state index contributed by atoms with van der Waals surface area (Å²) in [7, 11) is 0. The molecular formula is C13H10Cl2N2O2. The highest BCUT2D eigenvalue weighted by molar-refractivity contribution is 6.35. The van der Waals surface area contributed by atoms with Crippen LogP contribution in [0.5, 0.6) is 0 Å². The number of aromatic nitrogens is 1. The van der Waals surface area contributed by atoms with Crippen molar-refractivity contribution in [1.82, 2.24) is 4.98 Å². The van der Waals surface area contributed by atoms with Crippen LogP contribution in [-0.2, 0) is 6.61 Å². The zero-order valence-electron chi connectivity index (χ0n) is 9.73. The van der Waals surface area contributed by atoms with E-state index in [2.05, 4.69) is 10.3 Å². The number of nitrogens with zero attached hydrogens (tertiary/aromatic N) is 1. The maximum Gasteiger partial charge on any atom is 0.275 e. The van der Waals surface area contributed by atoms with Gasteiger partial charge in [0.25, 0.3) is 5.91 Å². The summed E-state index contributed by atoms with van der Waals surface area (Å²) in [6, 6.07) is 9.81. The highest BCUT2D eigenvalue weighted by atomic mass is 35.5. The minimum absolute atomic E-state index is 0.0457. The van der Waals surface area contributed by atoms with Crippen molar-refractivity contribution in [3.05, 3.63) is 57.8 Å². The SMILES string of the molecule is O=C(Nc1ccc(CO)cc1)c1nc(Cl)ccc1Cl. The highest BCUT2D eigenvalue weighted by Gasteiger charge is 2.13. The number of aliphatic hydroxyl groups is 1. The second kappa shape index (κ2) is 6.02. The number of hydrogen-bond acceptors (Lipinski definition) is 3. The summed E-state index contributed by atoms with van der Waals surface area (Å²) in [5.74, 6) is -0.441. The number of aliphatic hydroxyl groups excluding tert-OH is 1. The minimum Gasteiger partial charge on any atom is -0.392 e. The molecule has 0 bridgehead atoms. The molecule has 0 saturated heterocycles. The molecule has 0 spiro atoms. The quantitative estimate of drug-likeness (QED) is 0.856. The van der Waals surface area contributed by atoms with E-state index in [1.54, 1.807) is 24.3 Å². The lowest BCUT2D eigenvalue weighted by Crippen LogP contribution is -2.14. The predicted octanol–water partition coefficient (Wildman–Crippen LogP) is 3.13. The van der Waals surface area contributed by atoms with Gasteiger partial charge in [0.2, 0.25) is 0 Å². The van der Waals surface area contributed by atoms with Crippen molar-refractivity contribution in [3.63, 3.8) is 0 Å². The largest absolute Gasteiger partial charge is 0.392 e. The molecule has 1 aromatic heterocycles. The van der Waals surface area contributed by atoms with Gasteiger partial charge in [0.05, 0.1) is 11.6 Å². The third-order valence-electron chi connectivity index (χ3n) is 2.42. The van der Waals surface area contributed by atoms with Gasteiger partial charge in [-0.1, -0.05) is 35.3 Å². The summed E-state index contributed by atoms with van der Waals surface area (Å²) in [6.45, 7) is -0.0457. The van der Waals surface area contributed by atoms with E-state index in [-0.39, 0.29) is 22.5 Å². The molecular weight excluding hydrogens is 287 g/mol. The predicted molar refractivity (Wildman–Crippen MR) is 74.6 cm³/mol. The van der Waals surface area contributed by atoms with Gasteiger partial charge in [-0.3, -0.25) is 4.79 Å². The lowest BCUT2D eigenvalue weighted by Gasteiger charge is -2.07. The number of nitrogens with one attached hydrogen (secondary N) is 1. The van der Waals surface area contributed by atoms with E-state index >= 15 is 0 Å².